The highest BCUT2D eigenvalue weighted by Gasteiger charge is 2.19. The molecule has 0 radical (unpaired) electrons. The molecule has 0 bridgehead atoms. The van der Waals surface area contributed by atoms with Gasteiger partial charge in [0.05, 0.1) is 0 Å². The number of amides is 2. The second kappa shape index (κ2) is 5.32. The predicted octanol–water partition coefficient (Wildman–Crippen LogP) is 2.01. The highest BCUT2D eigenvalue weighted by atomic mass is 16.5. The molecule has 1 aromatic heterocycles. The number of hydrogen-bond acceptors (Lipinski definition) is 4. The fourth-order valence-electron chi connectivity index (χ4n) is 2.39. The van der Waals surface area contributed by atoms with E-state index in [4.69, 9.17) is 4.52 Å². The van der Waals surface area contributed by atoms with Crippen LogP contribution in [0.3, 0.4) is 0 Å². The standard InChI is InChI=1S/C14H16N4O2/c1-10-15-13(20-17-10)16-14(19)18-8-6-11-4-2-3-5-12(11)7-9-18/h2-5H,6-9H2,1H3,(H,15,16,17,19). The topological polar surface area (TPSA) is 71.3 Å². The molecule has 2 heterocycles. The molecule has 104 valence electrons. The van der Waals surface area contributed by atoms with E-state index in [1.54, 1.807) is 11.8 Å². The second-order valence-corrected chi connectivity index (χ2v) is 4.83. The summed E-state index contributed by atoms with van der Waals surface area (Å²) in [4.78, 5) is 17.9. The molecule has 0 fully saturated rings. The van der Waals surface area contributed by atoms with Crippen molar-refractivity contribution in [2.75, 3.05) is 18.4 Å². The zero-order valence-electron chi connectivity index (χ0n) is 11.3. The van der Waals surface area contributed by atoms with Gasteiger partial charge in [-0.2, -0.15) is 4.98 Å². The Labute approximate surface area is 116 Å². The number of aromatic nitrogens is 2. The van der Waals surface area contributed by atoms with E-state index < -0.39 is 0 Å². The van der Waals surface area contributed by atoms with Crippen LogP contribution in [0.25, 0.3) is 0 Å². The van der Waals surface area contributed by atoms with E-state index in [-0.39, 0.29) is 12.0 Å². The molecular weight excluding hydrogens is 256 g/mol. The average Bonchev–Trinajstić information content (AvgIpc) is 2.74. The Morgan fingerprint density at radius 3 is 2.45 bits per heavy atom. The second-order valence-electron chi connectivity index (χ2n) is 4.83. The maximum atomic E-state index is 12.2. The minimum absolute atomic E-state index is 0.147. The summed E-state index contributed by atoms with van der Waals surface area (Å²) in [5.41, 5.74) is 2.63. The SMILES string of the molecule is Cc1noc(NC(=O)N2CCc3ccccc3CC2)n1. The Bertz CT molecular complexity index is 596. The van der Waals surface area contributed by atoms with Crippen LogP contribution in [0, 0.1) is 6.92 Å². The number of benzene rings is 1. The van der Waals surface area contributed by atoms with Crippen molar-refractivity contribution in [3.8, 4) is 0 Å². The molecule has 0 atom stereocenters. The summed E-state index contributed by atoms with van der Waals surface area (Å²) in [5, 5.41) is 6.28. The molecule has 20 heavy (non-hydrogen) atoms. The number of rotatable bonds is 1. The molecule has 3 rings (SSSR count). The summed E-state index contributed by atoms with van der Waals surface area (Å²) in [5.74, 6) is 0.503. The third kappa shape index (κ3) is 2.64. The number of aryl methyl sites for hydroxylation is 1. The first-order chi connectivity index (χ1) is 9.72. The number of carbonyl (C=O) groups is 1. The van der Waals surface area contributed by atoms with Crippen LogP contribution in [0.15, 0.2) is 28.8 Å². The van der Waals surface area contributed by atoms with Crippen molar-refractivity contribution in [2.45, 2.75) is 19.8 Å². The van der Waals surface area contributed by atoms with Gasteiger partial charge in [-0.3, -0.25) is 5.32 Å². The number of urea groups is 1. The Morgan fingerprint density at radius 1 is 1.25 bits per heavy atom. The molecule has 1 aromatic carbocycles. The van der Waals surface area contributed by atoms with Crippen molar-refractivity contribution in [3.05, 3.63) is 41.2 Å². The maximum Gasteiger partial charge on any atom is 0.329 e. The van der Waals surface area contributed by atoms with Gasteiger partial charge >= 0.3 is 12.0 Å². The van der Waals surface area contributed by atoms with Crippen LogP contribution in [-0.4, -0.2) is 34.2 Å². The summed E-state index contributed by atoms with van der Waals surface area (Å²) < 4.78 is 4.90. The quantitative estimate of drug-likeness (QED) is 0.862. The van der Waals surface area contributed by atoms with Crippen molar-refractivity contribution in [1.82, 2.24) is 15.0 Å². The Hall–Kier alpha value is -2.37. The normalized spacial score (nSPS) is 14.6. The Morgan fingerprint density at radius 2 is 1.90 bits per heavy atom. The molecule has 1 aliphatic rings. The summed E-state index contributed by atoms with van der Waals surface area (Å²) in [7, 11) is 0. The average molecular weight is 272 g/mol. The highest BCUT2D eigenvalue weighted by Crippen LogP contribution is 2.16. The van der Waals surface area contributed by atoms with Crippen LogP contribution >= 0.6 is 0 Å². The third-order valence-electron chi connectivity index (χ3n) is 3.45. The lowest BCUT2D eigenvalue weighted by atomic mass is 10.0. The van der Waals surface area contributed by atoms with Gasteiger partial charge in [-0.05, 0) is 30.9 Å². The highest BCUT2D eigenvalue weighted by molar-refractivity contribution is 5.87. The minimum atomic E-state index is -0.193. The summed E-state index contributed by atoms with van der Waals surface area (Å²) >= 11 is 0. The Balaban J connectivity index is 1.66. The van der Waals surface area contributed by atoms with Crippen LogP contribution < -0.4 is 5.32 Å². The summed E-state index contributed by atoms with van der Waals surface area (Å²) in [6.45, 7) is 3.09. The summed E-state index contributed by atoms with van der Waals surface area (Å²) in [6, 6.07) is 8.28. The fraction of sp³-hybridized carbons (Fsp3) is 0.357. The number of nitrogens with zero attached hydrogens (tertiary/aromatic N) is 3. The monoisotopic (exact) mass is 272 g/mol. The van der Waals surface area contributed by atoms with E-state index in [1.807, 2.05) is 12.1 Å². The smallest absolute Gasteiger partial charge is 0.324 e. The molecule has 6 heteroatoms. The van der Waals surface area contributed by atoms with Crippen molar-refractivity contribution in [2.24, 2.45) is 0 Å². The summed E-state index contributed by atoms with van der Waals surface area (Å²) in [6.07, 6.45) is 1.74. The van der Waals surface area contributed by atoms with Gasteiger partial charge in [-0.1, -0.05) is 29.4 Å². The van der Waals surface area contributed by atoms with E-state index in [9.17, 15) is 4.79 Å². The van der Waals surface area contributed by atoms with E-state index in [0.717, 1.165) is 12.8 Å². The van der Waals surface area contributed by atoms with Crippen molar-refractivity contribution >= 4 is 12.0 Å². The first-order valence-corrected chi connectivity index (χ1v) is 6.65. The van der Waals surface area contributed by atoms with Crippen molar-refractivity contribution in [1.29, 1.82) is 0 Å². The number of carbonyl (C=O) groups excluding carboxylic acids is 1. The van der Waals surface area contributed by atoms with Crippen LogP contribution in [0.2, 0.25) is 0 Å². The van der Waals surface area contributed by atoms with E-state index >= 15 is 0 Å². The first-order valence-electron chi connectivity index (χ1n) is 6.65. The number of anilines is 1. The molecule has 0 saturated carbocycles. The lowest BCUT2D eigenvalue weighted by Gasteiger charge is -2.19. The van der Waals surface area contributed by atoms with Gasteiger partial charge in [-0.25, -0.2) is 4.79 Å². The van der Waals surface area contributed by atoms with Gasteiger partial charge in [0.2, 0.25) is 0 Å². The molecule has 1 N–H and O–H groups in total. The zero-order chi connectivity index (χ0) is 13.9. The molecule has 1 aliphatic heterocycles. The third-order valence-corrected chi connectivity index (χ3v) is 3.45. The zero-order valence-corrected chi connectivity index (χ0v) is 11.3. The van der Waals surface area contributed by atoms with Gasteiger partial charge in [0.15, 0.2) is 5.82 Å². The van der Waals surface area contributed by atoms with Crippen molar-refractivity contribution in [3.63, 3.8) is 0 Å². The molecule has 6 nitrogen and oxygen atoms in total. The van der Waals surface area contributed by atoms with E-state index in [2.05, 4.69) is 27.6 Å². The number of fused-ring (bicyclic) bond motifs is 1. The predicted molar refractivity (Wildman–Crippen MR) is 73.5 cm³/mol. The molecule has 2 amide bonds. The van der Waals surface area contributed by atoms with Crippen LogP contribution in [0.4, 0.5) is 10.8 Å². The largest absolute Gasteiger partial charge is 0.329 e. The van der Waals surface area contributed by atoms with Gasteiger partial charge in [0, 0.05) is 13.1 Å². The van der Waals surface area contributed by atoms with Crippen LogP contribution in [-0.2, 0) is 12.8 Å². The molecule has 0 saturated heterocycles. The number of nitrogens with one attached hydrogen (secondary N) is 1. The number of hydrogen-bond donors (Lipinski definition) is 1. The van der Waals surface area contributed by atoms with Gasteiger partial charge in [0.1, 0.15) is 0 Å². The molecule has 2 aromatic rings. The van der Waals surface area contributed by atoms with Gasteiger partial charge in [0.25, 0.3) is 0 Å². The maximum absolute atomic E-state index is 12.2. The fourth-order valence-corrected chi connectivity index (χ4v) is 2.39. The van der Waals surface area contributed by atoms with Gasteiger partial charge < -0.3 is 9.42 Å². The molecule has 0 aliphatic carbocycles. The molecule has 0 spiro atoms. The first kappa shape index (κ1) is 12.7. The van der Waals surface area contributed by atoms with E-state index in [0.29, 0.717) is 18.9 Å². The van der Waals surface area contributed by atoms with Gasteiger partial charge in [-0.15, -0.1) is 0 Å². The minimum Gasteiger partial charge on any atom is -0.324 e. The lowest BCUT2D eigenvalue weighted by Crippen LogP contribution is -2.36. The lowest BCUT2D eigenvalue weighted by molar-refractivity contribution is 0.213. The molecular formula is C14H16N4O2. The van der Waals surface area contributed by atoms with E-state index in [1.165, 1.54) is 11.1 Å². The van der Waals surface area contributed by atoms with Crippen LogP contribution in [0.1, 0.15) is 17.0 Å². The Kier molecular flexibility index (Phi) is 3.37. The molecule has 0 unspecified atom stereocenters. The van der Waals surface area contributed by atoms with Crippen molar-refractivity contribution < 1.29 is 9.32 Å². The van der Waals surface area contributed by atoms with Crippen LogP contribution in [0.5, 0.6) is 0 Å².